The minimum absolute atomic E-state index is 0.0718. The molecule has 2 heterocycles. The first-order valence-corrected chi connectivity index (χ1v) is 10.3. The average molecular weight is 406 g/mol. The number of sulfonamides is 1. The smallest absolute Gasteiger partial charge is 0.285 e. The van der Waals surface area contributed by atoms with E-state index in [9.17, 15) is 12.8 Å². The third-order valence-electron chi connectivity index (χ3n) is 3.97. The number of nitrogens with zero attached hydrogens (tertiary/aromatic N) is 2. The number of thiazole rings is 1. The molecule has 0 spiro atoms. The Hall–Kier alpha value is -2.65. The molecule has 2 aromatic carbocycles. The maximum Gasteiger partial charge on any atom is 0.285 e. The van der Waals surface area contributed by atoms with Crippen LogP contribution in [0.25, 0.3) is 10.2 Å². The number of ether oxygens (including phenoxy) is 2. The van der Waals surface area contributed by atoms with Crippen LogP contribution < -0.4 is 14.3 Å². The Bertz CT molecular complexity index is 1190. The third-order valence-corrected chi connectivity index (χ3v) is 6.41. The summed E-state index contributed by atoms with van der Waals surface area (Å²) >= 11 is 1.22. The zero-order valence-electron chi connectivity index (χ0n) is 14.1. The molecule has 0 saturated carbocycles. The van der Waals surface area contributed by atoms with Crippen molar-refractivity contribution < 1.29 is 22.3 Å². The molecule has 0 bridgehead atoms. The Labute approximate surface area is 158 Å². The first-order valence-electron chi connectivity index (χ1n) is 8.08. The highest BCUT2D eigenvalue weighted by atomic mass is 32.2. The molecule has 0 unspecified atom stereocenters. The average Bonchev–Trinajstić information content (AvgIpc) is 2.96. The van der Waals surface area contributed by atoms with Crippen molar-refractivity contribution >= 4 is 31.6 Å². The second kappa shape index (κ2) is 6.82. The monoisotopic (exact) mass is 406 g/mol. The van der Waals surface area contributed by atoms with Gasteiger partial charge in [0.15, 0.2) is 11.5 Å². The van der Waals surface area contributed by atoms with E-state index in [0.29, 0.717) is 31.3 Å². The topological polar surface area (TPSA) is 69.9 Å². The van der Waals surface area contributed by atoms with Crippen molar-refractivity contribution in [1.82, 2.24) is 4.57 Å². The van der Waals surface area contributed by atoms with Gasteiger partial charge in [-0.05, 0) is 24.3 Å². The lowest BCUT2D eigenvalue weighted by Gasteiger charge is -2.18. The molecule has 3 aromatic rings. The van der Waals surface area contributed by atoms with Crippen LogP contribution in [0.1, 0.15) is 0 Å². The van der Waals surface area contributed by atoms with Crippen LogP contribution in [0.3, 0.4) is 0 Å². The van der Waals surface area contributed by atoms with E-state index in [4.69, 9.17) is 9.47 Å². The molecule has 140 valence electrons. The predicted octanol–water partition coefficient (Wildman–Crippen LogP) is 3.09. The van der Waals surface area contributed by atoms with Crippen molar-refractivity contribution in [1.29, 1.82) is 0 Å². The quantitative estimate of drug-likeness (QED) is 0.625. The third kappa shape index (κ3) is 3.35. The molecule has 0 saturated heterocycles. The molecule has 0 radical (unpaired) electrons. The molecular weight excluding hydrogens is 391 g/mol. The van der Waals surface area contributed by atoms with E-state index in [-0.39, 0.29) is 9.70 Å². The summed E-state index contributed by atoms with van der Waals surface area (Å²) in [6.45, 7) is 5.03. The van der Waals surface area contributed by atoms with Crippen molar-refractivity contribution in [2.75, 3.05) is 13.2 Å². The minimum Gasteiger partial charge on any atom is -0.486 e. The molecule has 1 aromatic heterocycles. The molecule has 27 heavy (non-hydrogen) atoms. The van der Waals surface area contributed by atoms with Gasteiger partial charge < -0.3 is 14.0 Å². The van der Waals surface area contributed by atoms with Gasteiger partial charge in [0, 0.05) is 18.7 Å². The summed E-state index contributed by atoms with van der Waals surface area (Å²) in [5, 5.41) is 0. The van der Waals surface area contributed by atoms with Crippen molar-refractivity contribution in [3.63, 3.8) is 0 Å². The van der Waals surface area contributed by atoms with Gasteiger partial charge in [-0.3, -0.25) is 0 Å². The summed E-state index contributed by atoms with van der Waals surface area (Å²) in [7, 11) is -3.99. The largest absolute Gasteiger partial charge is 0.486 e. The summed E-state index contributed by atoms with van der Waals surface area (Å²) in [5.41, 5.74) is 0.775. The van der Waals surface area contributed by atoms with E-state index in [1.54, 1.807) is 10.6 Å². The van der Waals surface area contributed by atoms with E-state index in [0.717, 1.165) is 22.3 Å². The van der Waals surface area contributed by atoms with E-state index in [1.807, 2.05) is 12.1 Å². The number of aromatic nitrogens is 1. The van der Waals surface area contributed by atoms with E-state index >= 15 is 0 Å². The highest BCUT2D eigenvalue weighted by Gasteiger charge is 2.18. The number of allylic oxidation sites excluding steroid dienone is 1. The van der Waals surface area contributed by atoms with E-state index < -0.39 is 15.8 Å². The molecule has 9 heteroatoms. The molecule has 0 amide bonds. The molecule has 0 N–H and O–H groups in total. The van der Waals surface area contributed by atoms with Crippen LogP contribution in [-0.4, -0.2) is 26.2 Å². The van der Waals surface area contributed by atoms with Gasteiger partial charge in [0.25, 0.3) is 10.0 Å². The number of hydrogen-bond donors (Lipinski definition) is 0. The van der Waals surface area contributed by atoms with Gasteiger partial charge in [-0.2, -0.15) is 8.42 Å². The van der Waals surface area contributed by atoms with Gasteiger partial charge >= 0.3 is 0 Å². The van der Waals surface area contributed by atoms with Crippen LogP contribution in [0, 0.1) is 5.82 Å². The second-order valence-corrected chi connectivity index (χ2v) is 8.38. The van der Waals surface area contributed by atoms with Gasteiger partial charge in [0.1, 0.15) is 19.0 Å². The Morgan fingerprint density at radius 3 is 2.52 bits per heavy atom. The molecule has 0 atom stereocenters. The van der Waals surface area contributed by atoms with Gasteiger partial charge in [0.2, 0.25) is 4.80 Å². The molecule has 4 rings (SSSR count). The van der Waals surface area contributed by atoms with Crippen LogP contribution in [0.5, 0.6) is 11.5 Å². The summed E-state index contributed by atoms with van der Waals surface area (Å²) in [6, 6.07) is 8.20. The van der Waals surface area contributed by atoms with Crippen LogP contribution in [0.4, 0.5) is 4.39 Å². The molecule has 1 aliphatic heterocycles. The molecule has 0 fully saturated rings. The fourth-order valence-electron chi connectivity index (χ4n) is 2.74. The van der Waals surface area contributed by atoms with Crippen molar-refractivity contribution in [2.45, 2.75) is 11.4 Å². The van der Waals surface area contributed by atoms with Crippen LogP contribution in [0.15, 0.2) is 58.3 Å². The Balaban J connectivity index is 1.92. The summed E-state index contributed by atoms with van der Waals surface area (Å²) in [4.78, 5) is 0.217. The van der Waals surface area contributed by atoms with Gasteiger partial charge in [-0.15, -0.1) is 11.0 Å². The fraction of sp³-hybridized carbons (Fsp3) is 0.167. The lowest BCUT2D eigenvalue weighted by Crippen LogP contribution is -2.17. The summed E-state index contributed by atoms with van der Waals surface area (Å²) in [5.74, 6) is 0.717. The molecular formula is C18H15FN2O4S2. The van der Waals surface area contributed by atoms with Gasteiger partial charge in [-0.25, -0.2) is 4.39 Å². The number of benzene rings is 2. The number of hydrogen-bond acceptors (Lipinski definition) is 5. The predicted molar refractivity (Wildman–Crippen MR) is 100 cm³/mol. The minimum atomic E-state index is -3.99. The van der Waals surface area contributed by atoms with E-state index in [2.05, 4.69) is 11.0 Å². The maximum atomic E-state index is 13.1. The molecule has 1 aliphatic rings. The highest BCUT2D eigenvalue weighted by molar-refractivity contribution is 7.90. The van der Waals surface area contributed by atoms with Crippen LogP contribution in [0.2, 0.25) is 0 Å². The normalized spacial score (nSPS) is 14.5. The Morgan fingerprint density at radius 1 is 1.19 bits per heavy atom. The first kappa shape index (κ1) is 17.7. The van der Waals surface area contributed by atoms with Crippen molar-refractivity contribution in [2.24, 2.45) is 4.40 Å². The first-order chi connectivity index (χ1) is 13.0. The maximum absolute atomic E-state index is 13.1. The SMILES string of the molecule is C=CCn1c(=NS(=O)(=O)c2ccc(F)cc2)sc2cc3c(cc21)OCCO3. The lowest BCUT2D eigenvalue weighted by molar-refractivity contribution is 0.172. The lowest BCUT2D eigenvalue weighted by atomic mass is 10.2. The highest BCUT2D eigenvalue weighted by Crippen LogP contribution is 2.35. The van der Waals surface area contributed by atoms with Crippen LogP contribution in [-0.2, 0) is 16.6 Å². The summed E-state index contributed by atoms with van der Waals surface area (Å²) in [6.07, 6.45) is 1.66. The second-order valence-electron chi connectivity index (χ2n) is 5.77. The van der Waals surface area contributed by atoms with Crippen molar-refractivity contribution in [3.05, 3.63) is 59.7 Å². The molecule has 6 nitrogen and oxygen atoms in total. The number of rotatable bonds is 4. The number of fused-ring (bicyclic) bond motifs is 2. The van der Waals surface area contributed by atoms with Gasteiger partial charge in [0.05, 0.1) is 15.1 Å². The van der Waals surface area contributed by atoms with Gasteiger partial charge in [-0.1, -0.05) is 17.4 Å². The summed E-state index contributed by atoms with van der Waals surface area (Å²) < 4.78 is 56.1. The standard InChI is InChI=1S/C18H15FN2O4S2/c1-2-7-21-14-10-15-16(25-9-8-24-15)11-17(14)26-18(21)20-27(22,23)13-5-3-12(19)4-6-13/h2-6,10-11H,1,7-9H2. The fourth-order valence-corrected chi connectivity index (χ4v) is 5.00. The molecule has 0 aliphatic carbocycles. The van der Waals surface area contributed by atoms with E-state index in [1.165, 1.54) is 23.5 Å². The zero-order chi connectivity index (χ0) is 19.0. The number of halogens is 1. The van der Waals surface area contributed by atoms with Crippen LogP contribution >= 0.6 is 11.3 Å². The Kier molecular flexibility index (Phi) is 4.48. The Morgan fingerprint density at radius 2 is 1.85 bits per heavy atom. The van der Waals surface area contributed by atoms with Crippen molar-refractivity contribution in [3.8, 4) is 11.5 Å². The zero-order valence-corrected chi connectivity index (χ0v) is 15.7.